The van der Waals surface area contributed by atoms with E-state index < -0.39 is 23.6 Å². The number of hydrogen-bond donors (Lipinski definition) is 4. The first-order chi connectivity index (χ1) is 26.4. The number of aromatic nitrogens is 8. The molecule has 1 aliphatic rings. The van der Waals surface area contributed by atoms with Crippen LogP contribution in [0.5, 0.6) is 5.75 Å². The summed E-state index contributed by atoms with van der Waals surface area (Å²) in [6, 6.07) is 11.4. The van der Waals surface area contributed by atoms with Gasteiger partial charge in [0.15, 0.2) is 0 Å². The van der Waals surface area contributed by atoms with E-state index >= 15 is 0 Å². The largest absolute Gasteiger partial charge is 0.483 e. The van der Waals surface area contributed by atoms with Gasteiger partial charge in [-0.05, 0) is 70.2 Å². The Morgan fingerprint density at radius 1 is 0.782 bits per heavy atom. The van der Waals surface area contributed by atoms with Crippen molar-refractivity contribution in [3.05, 3.63) is 88.5 Å². The van der Waals surface area contributed by atoms with E-state index in [-0.39, 0.29) is 42.2 Å². The number of nitrogens with one attached hydrogen (secondary N) is 2. The molecule has 4 aromatic heterocycles. The lowest BCUT2D eigenvalue weighted by Gasteiger charge is -2.27. The van der Waals surface area contributed by atoms with E-state index in [2.05, 4.69) is 25.8 Å². The quantitative estimate of drug-likeness (QED) is 0.119. The molecule has 0 saturated carbocycles. The Hall–Kier alpha value is -6.82. The zero-order valence-corrected chi connectivity index (χ0v) is 30.7. The van der Waals surface area contributed by atoms with E-state index in [4.69, 9.17) is 25.9 Å². The van der Waals surface area contributed by atoms with Crippen LogP contribution in [0.25, 0.3) is 22.1 Å². The number of hydrogen-bond acceptors (Lipinski definition) is 10. The van der Waals surface area contributed by atoms with Crippen LogP contribution in [0.1, 0.15) is 66.9 Å². The lowest BCUT2D eigenvalue weighted by atomic mass is 10.1. The predicted molar refractivity (Wildman–Crippen MR) is 202 cm³/mol. The van der Waals surface area contributed by atoms with Gasteiger partial charge in [-0.1, -0.05) is 12.2 Å². The average molecular weight is 749 g/mol. The normalized spacial score (nSPS) is 13.1. The number of aryl methyl sites for hydroxylation is 4. The van der Waals surface area contributed by atoms with Crippen LogP contribution in [0.4, 0.5) is 11.9 Å². The number of allylic oxidation sites excluding steroid dienone is 2. The molecule has 1 saturated heterocycles. The van der Waals surface area contributed by atoms with Gasteiger partial charge >= 0.3 is 0 Å². The highest BCUT2D eigenvalue weighted by molar-refractivity contribution is 6.05. The first-order valence-electron chi connectivity index (χ1n) is 17.7. The molecule has 1 fully saturated rings. The lowest BCUT2D eigenvalue weighted by Crippen LogP contribution is -2.38. The number of nitrogens with two attached hydrogens (primary N) is 2. The monoisotopic (exact) mass is 748 g/mol. The van der Waals surface area contributed by atoms with E-state index in [1.807, 2.05) is 32.9 Å². The molecule has 4 amide bonds. The van der Waals surface area contributed by atoms with Crippen molar-refractivity contribution in [2.24, 2.45) is 11.5 Å². The fourth-order valence-corrected chi connectivity index (χ4v) is 6.39. The molecule has 18 heteroatoms. The minimum atomic E-state index is -0.661. The van der Waals surface area contributed by atoms with Crippen molar-refractivity contribution < 1.29 is 28.7 Å². The smallest absolute Gasteiger partial charge is 0.276 e. The molecule has 0 spiro atoms. The summed E-state index contributed by atoms with van der Waals surface area (Å²) in [4.78, 5) is 60.8. The molecule has 5 heterocycles. The van der Waals surface area contributed by atoms with Crippen LogP contribution in [0, 0.1) is 13.8 Å². The van der Waals surface area contributed by atoms with Crippen LogP contribution in [-0.2, 0) is 30.9 Å². The average Bonchev–Trinajstić information content (AvgIpc) is 3.90. The topological polar surface area (TPSA) is 234 Å². The van der Waals surface area contributed by atoms with Crippen molar-refractivity contribution in [3.63, 3.8) is 0 Å². The summed E-state index contributed by atoms with van der Waals surface area (Å²) in [5.74, 6) is -1.29. The van der Waals surface area contributed by atoms with Crippen molar-refractivity contribution in [2.75, 3.05) is 23.8 Å². The summed E-state index contributed by atoms with van der Waals surface area (Å²) < 4.78 is 18.3. The predicted octanol–water partition coefficient (Wildman–Crippen LogP) is 3.17. The van der Waals surface area contributed by atoms with Gasteiger partial charge in [0, 0.05) is 37.3 Å². The number of benzene rings is 2. The van der Waals surface area contributed by atoms with Gasteiger partial charge in [0.05, 0.1) is 41.2 Å². The standard InChI is InChI=1S/C37H40N12O6/c1-5-48-28(13-20(3)44-48)34(52)42-36-40-25-15-22(32(38)50)9-10-27(25)46(36)11-7-8-12-47-31-26(16-23(33(39)51)17-30(31)55-24-18-54-19-24)41-37(47)43-35(53)29-14-21(4)45-49(29)6-2/h7-10,13-17,24H,5-6,11-12,18-19H2,1-4H3,(H2,38,50)(H2,39,51)(H,40,42,52)(H,41,43,53)/b8-7+. The number of carbonyl (C=O) groups excluding carboxylic acids is 4. The van der Waals surface area contributed by atoms with Crippen LogP contribution in [0.2, 0.25) is 0 Å². The summed E-state index contributed by atoms with van der Waals surface area (Å²) in [6.45, 7) is 9.56. The van der Waals surface area contributed by atoms with Gasteiger partial charge in [0.1, 0.15) is 28.8 Å². The number of rotatable bonds is 14. The minimum absolute atomic E-state index is 0.193. The van der Waals surface area contributed by atoms with Crippen molar-refractivity contribution in [3.8, 4) is 5.75 Å². The molecule has 0 atom stereocenters. The van der Waals surface area contributed by atoms with Gasteiger partial charge in [0.2, 0.25) is 23.7 Å². The van der Waals surface area contributed by atoms with E-state index in [0.717, 1.165) is 0 Å². The van der Waals surface area contributed by atoms with Crippen molar-refractivity contribution in [1.29, 1.82) is 0 Å². The molecule has 284 valence electrons. The molecule has 0 bridgehead atoms. The molecule has 0 radical (unpaired) electrons. The molecule has 0 unspecified atom stereocenters. The minimum Gasteiger partial charge on any atom is -0.483 e. The summed E-state index contributed by atoms with van der Waals surface area (Å²) in [5, 5.41) is 14.6. The fraction of sp³-hybridized carbons (Fsp3) is 0.297. The lowest BCUT2D eigenvalue weighted by molar-refractivity contribution is -0.0792. The molecule has 6 N–H and O–H groups in total. The van der Waals surface area contributed by atoms with Crippen LogP contribution >= 0.6 is 0 Å². The van der Waals surface area contributed by atoms with E-state index in [9.17, 15) is 19.2 Å². The number of carbonyl (C=O) groups is 4. The fourth-order valence-electron chi connectivity index (χ4n) is 6.39. The number of amides is 4. The Labute approximate surface area is 314 Å². The van der Waals surface area contributed by atoms with Crippen LogP contribution < -0.4 is 26.8 Å². The second kappa shape index (κ2) is 14.9. The molecule has 18 nitrogen and oxygen atoms in total. The van der Waals surface area contributed by atoms with Crippen molar-refractivity contribution >= 4 is 57.6 Å². The highest BCUT2D eigenvalue weighted by Gasteiger charge is 2.26. The first kappa shape index (κ1) is 36.5. The van der Waals surface area contributed by atoms with Crippen LogP contribution in [0.3, 0.4) is 0 Å². The van der Waals surface area contributed by atoms with Crippen molar-refractivity contribution in [1.82, 2.24) is 38.7 Å². The maximum atomic E-state index is 13.6. The molecule has 1 aliphatic heterocycles. The number of primary amides is 2. The molecular weight excluding hydrogens is 708 g/mol. The van der Waals surface area contributed by atoms with E-state index in [1.54, 1.807) is 67.9 Å². The van der Waals surface area contributed by atoms with Crippen molar-refractivity contribution in [2.45, 2.75) is 60.0 Å². The Kier molecular flexibility index (Phi) is 9.90. The second-order valence-corrected chi connectivity index (χ2v) is 13.0. The maximum Gasteiger partial charge on any atom is 0.276 e. The summed E-state index contributed by atoms with van der Waals surface area (Å²) in [7, 11) is 0. The van der Waals surface area contributed by atoms with Gasteiger partial charge in [-0.25, -0.2) is 9.97 Å². The zero-order chi connectivity index (χ0) is 39.0. The number of fused-ring (bicyclic) bond motifs is 2. The van der Waals surface area contributed by atoms with Gasteiger partial charge in [0.25, 0.3) is 11.8 Å². The number of anilines is 2. The van der Waals surface area contributed by atoms with E-state index in [0.29, 0.717) is 76.9 Å². The van der Waals surface area contributed by atoms with Crippen LogP contribution in [0.15, 0.2) is 54.6 Å². The second-order valence-electron chi connectivity index (χ2n) is 13.0. The number of ether oxygens (including phenoxy) is 2. The maximum absolute atomic E-state index is 13.6. The third-order valence-electron chi connectivity index (χ3n) is 9.09. The molecular formula is C37H40N12O6. The highest BCUT2D eigenvalue weighted by atomic mass is 16.6. The zero-order valence-electron chi connectivity index (χ0n) is 30.7. The van der Waals surface area contributed by atoms with Gasteiger partial charge < -0.3 is 30.1 Å². The number of imidazole rings is 2. The van der Waals surface area contributed by atoms with Gasteiger partial charge in [-0.2, -0.15) is 10.2 Å². The SMILES string of the molecule is CCn1nc(C)cc1C(=O)Nc1nc2cc(C(N)=O)ccc2n1C/C=C/Cn1c(NC(=O)c2cc(C)nn2CC)nc2cc(C(N)=O)cc(OC3COC3)c21. The summed E-state index contributed by atoms with van der Waals surface area (Å²) in [5.41, 5.74) is 15.8. The first-order valence-corrected chi connectivity index (χ1v) is 17.7. The molecule has 2 aromatic carbocycles. The highest BCUT2D eigenvalue weighted by Crippen LogP contribution is 2.33. The van der Waals surface area contributed by atoms with Crippen LogP contribution in [-0.4, -0.2) is 81.6 Å². The third-order valence-corrected chi connectivity index (χ3v) is 9.09. The van der Waals surface area contributed by atoms with Gasteiger partial charge in [-0.3, -0.25) is 39.2 Å². The summed E-state index contributed by atoms with van der Waals surface area (Å²) >= 11 is 0. The number of nitrogens with zero attached hydrogens (tertiary/aromatic N) is 8. The Morgan fingerprint density at radius 3 is 1.87 bits per heavy atom. The molecule has 6 aromatic rings. The molecule has 7 rings (SSSR count). The Balaban J connectivity index is 1.25. The summed E-state index contributed by atoms with van der Waals surface area (Å²) in [6.07, 6.45) is 3.48. The Bertz CT molecular complexity index is 2520. The molecule has 0 aliphatic carbocycles. The molecule has 55 heavy (non-hydrogen) atoms. The Morgan fingerprint density at radius 2 is 1.33 bits per heavy atom. The van der Waals surface area contributed by atoms with E-state index in [1.165, 1.54) is 0 Å². The van der Waals surface area contributed by atoms with Gasteiger partial charge in [-0.15, -0.1) is 0 Å². The third kappa shape index (κ3) is 7.26.